The topological polar surface area (TPSA) is 76.7 Å². The van der Waals surface area contributed by atoms with Crippen molar-refractivity contribution in [1.82, 2.24) is 10.6 Å². The molecule has 0 spiro atoms. The number of aryl methyl sites for hydroxylation is 2. The van der Waals surface area contributed by atoms with Crippen molar-refractivity contribution >= 4 is 12.0 Å². The van der Waals surface area contributed by atoms with Crippen molar-refractivity contribution in [1.29, 1.82) is 0 Å². The highest BCUT2D eigenvalue weighted by Gasteiger charge is 2.31. The van der Waals surface area contributed by atoms with Crippen LogP contribution in [0, 0.1) is 13.8 Å². The molecule has 3 rings (SSSR count). The molecular formula is C21H22N2O4. The Balaban J connectivity index is 1.86. The molecule has 1 aliphatic rings. The number of urea groups is 1. The quantitative estimate of drug-likeness (QED) is 0.805. The number of carbonyl (C=O) groups excluding carboxylic acids is 2. The SMILES string of the molecule is COC(=O)C1=C(C)NC(=O)NC1c1ccc(Oc2cc(C)cc(C)c2)cc1. The lowest BCUT2D eigenvalue weighted by Crippen LogP contribution is -2.45. The van der Waals surface area contributed by atoms with Gasteiger partial charge in [0.2, 0.25) is 0 Å². The number of carbonyl (C=O) groups is 2. The molecule has 6 heteroatoms. The maximum atomic E-state index is 12.1. The van der Waals surface area contributed by atoms with Crippen LogP contribution in [0.5, 0.6) is 11.5 Å². The lowest BCUT2D eigenvalue weighted by molar-refractivity contribution is -0.136. The molecule has 0 aliphatic carbocycles. The number of allylic oxidation sites excluding steroid dienone is 1. The summed E-state index contributed by atoms with van der Waals surface area (Å²) in [6.45, 7) is 5.72. The molecule has 0 aromatic heterocycles. The van der Waals surface area contributed by atoms with E-state index in [4.69, 9.17) is 9.47 Å². The first-order valence-corrected chi connectivity index (χ1v) is 8.60. The van der Waals surface area contributed by atoms with E-state index in [1.165, 1.54) is 7.11 Å². The zero-order chi connectivity index (χ0) is 19.6. The van der Waals surface area contributed by atoms with Crippen molar-refractivity contribution < 1.29 is 19.1 Å². The van der Waals surface area contributed by atoms with Gasteiger partial charge in [-0.25, -0.2) is 9.59 Å². The van der Waals surface area contributed by atoms with Gasteiger partial charge in [-0.15, -0.1) is 0 Å². The Kier molecular flexibility index (Phi) is 5.16. The predicted molar refractivity (Wildman–Crippen MR) is 102 cm³/mol. The van der Waals surface area contributed by atoms with Gasteiger partial charge in [0.05, 0.1) is 18.7 Å². The normalized spacial score (nSPS) is 16.4. The summed E-state index contributed by atoms with van der Waals surface area (Å²) in [6.07, 6.45) is 0. The van der Waals surface area contributed by atoms with Crippen LogP contribution in [0.3, 0.4) is 0 Å². The van der Waals surface area contributed by atoms with Crippen molar-refractivity contribution in [2.24, 2.45) is 0 Å². The van der Waals surface area contributed by atoms with Gasteiger partial charge in [0.1, 0.15) is 11.5 Å². The van der Waals surface area contributed by atoms with Gasteiger partial charge in [0.15, 0.2) is 0 Å². The summed E-state index contributed by atoms with van der Waals surface area (Å²) < 4.78 is 10.8. The van der Waals surface area contributed by atoms with Gasteiger partial charge < -0.3 is 20.1 Å². The smallest absolute Gasteiger partial charge is 0.337 e. The van der Waals surface area contributed by atoms with Gasteiger partial charge in [0.25, 0.3) is 0 Å². The van der Waals surface area contributed by atoms with E-state index in [1.54, 1.807) is 6.92 Å². The molecule has 2 amide bonds. The fourth-order valence-electron chi connectivity index (χ4n) is 3.18. The number of esters is 1. The zero-order valence-electron chi connectivity index (χ0n) is 15.8. The van der Waals surface area contributed by atoms with Crippen LogP contribution in [-0.4, -0.2) is 19.1 Å². The van der Waals surface area contributed by atoms with Crippen LogP contribution in [0.15, 0.2) is 53.7 Å². The van der Waals surface area contributed by atoms with E-state index < -0.39 is 12.0 Å². The molecule has 27 heavy (non-hydrogen) atoms. The number of nitrogens with one attached hydrogen (secondary N) is 2. The number of rotatable bonds is 4. The Morgan fingerprint density at radius 1 is 0.963 bits per heavy atom. The van der Waals surface area contributed by atoms with Crippen LogP contribution in [0.1, 0.15) is 29.7 Å². The Bertz CT molecular complexity index is 896. The van der Waals surface area contributed by atoms with Gasteiger partial charge in [-0.3, -0.25) is 0 Å². The van der Waals surface area contributed by atoms with Crippen LogP contribution in [0.25, 0.3) is 0 Å². The lowest BCUT2D eigenvalue weighted by atomic mass is 9.95. The number of methoxy groups -OCH3 is 1. The second-order valence-corrected chi connectivity index (χ2v) is 6.56. The average molecular weight is 366 g/mol. The fourth-order valence-corrected chi connectivity index (χ4v) is 3.18. The summed E-state index contributed by atoms with van der Waals surface area (Å²) in [7, 11) is 1.32. The molecule has 6 nitrogen and oxygen atoms in total. The first kappa shape index (κ1) is 18.5. The van der Waals surface area contributed by atoms with E-state index in [-0.39, 0.29) is 6.03 Å². The van der Waals surface area contributed by atoms with Gasteiger partial charge >= 0.3 is 12.0 Å². The number of hydrogen-bond donors (Lipinski definition) is 2. The first-order valence-electron chi connectivity index (χ1n) is 8.60. The largest absolute Gasteiger partial charge is 0.466 e. The third-order valence-electron chi connectivity index (χ3n) is 4.32. The van der Waals surface area contributed by atoms with Crippen molar-refractivity contribution in [2.75, 3.05) is 7.11 Å². The third-order valence-corrected chi connectivity index (χ3v) is 4.32. The van der Waals surface area contributed by atoms with E-state index in [0.29, 0.717) is 17.0 Å². The molecule has 0 saturated heterocycles. The predicted octanol–water partition coefficient (Wildman–Crippen LogP) is 3.90. The highest BCUT2D eigenvalue weighted by Crippen LogP contribution is 2.30. The lowest BCUT2D eigenvalue weighted by Gasteiger charge is -2.27. The highest BCUT2D eigenvalue weighted by molar-refractivity contribution is 5.94. The average Bonchev–Trinajstić information content (AvgIpc) is 2.60. The zero-order valence-corrected chi connectivity index (χ0v) is 15.8. The molecular weight excluding hydrogens is 344 g/mol. The minimum absolute atomic E-state index is 0.360. The van der Waals surface area contributed by atoms with Gasteiger partial charge in [-0.2, -0.15) is 0 Å². The number of benzene rings is 2. The molecule has 0 fully saturated rings. The summed E-state index contributed by atoms with van der Waals surface area (Å²) in [5, 5.41) is 5.37. The second kappa shape index (κ2) is 7.53. The van der Waals surface area contributed by atoms with Crippen LogP contribution in [0.2, 0.25) is 0 Å². The maximum Gasteiger partial charge on any atom is 0.337 e. The fraction of sp³-hybridized carbons (Fsp3) is 0.238. The van der Waals surface area contributed by atoms with E-state index in [2.05, 4.69) is 16.7 Å². The Morgan fingerprint density at radius 2 is 1.59 bits per heavy atom. The van der Waals surface area contributed by atoms with E-state index >= 15 is 0 Å². The van der Waals surface area contributed by atoms with Gasteiger partial charge in [0, 0.05) is 5.70 Å². The molecule has 0 saturated carbocycles. The summed E-state index contributed by atoms with van der Waals surface area (Å²) in [5.41, 5.74) is 3.87. The van der Waals surface area contributed by atoms with Crippen molar-refractivity contribution in [3.63, 3.8) is 0 Å². The van der Waals surface area contributed by atoms with E-state index in [9.17, 15) is 9.59 Å². The Labute approximate surface area is 158 Å². The number of ether oxygens (including phenoxy) is 2. The van der Waals surface area contributed by atoms with Crippen molar-refractivity contribution in [2.45, 2.75) is 26.8 Å². The number of hydrogen-bond acceptors (Lipinski definition) is 4. The summed E-state index contributed by atoms with van der Waals surface area (Å²) in [6, 6.07) is 12.3. The van der Waals surface area contributed by atoms with Crippen LogP contribution < -0.4 is 15.4 Å². The first-order chi connectivity index (χ1) is 12.9. The summed E-state index contributed by atoms with van der Waals surface area (Å²) in [4.78, 5) is 24.0. The molecule has 2 aromatic carbocycles. The number of amides is 2. The minimum atomic E-state index is -0.582. The minimum Gasteiger partial charge on any atom is -0.466 e. The van der Waals surface area contributed by atoms with Crippen molar-refractivity contribution in [3.05, 3.63) is 70.4 Å². The van der Waals surface area contributed by atoms with Crippen LogP contribution in [-0.2, 0) is 9.53 Å². The van der Waals surface area contributed by atoms with Crippen molar-refractivity contribution in [3.8, 4) is 11.5 Å². The Hall–Kier alpha value is -3.28. The third kappa shape index (κ3) is 4.11. The molecule has 1 heterocycles. The standard InChI is InChI=1S/C21H22N2O4/c1-12-9-13(2)11-17(10-12)27-16-7-5-15(6-8-16)19-18(20(24)26-4)14(3)22-21(25)23-19/h5-11,19H,1-4H3,(H2,22,23,25). The summed E-state index contributed by atoms with van der Waals surface area (Å²) >= 11 is 0. The summed E-state index contributed by atoms with van der Waals surface area (Å²) in [5.74, 6) is 0.950. The molecule has 1 atom stereocenters. The molecule has 2 N–H and O–H groups in total. The maximum absolute atomic E-state index is 12.1. The molecule has 0 radical (unpaired) electrons. The molecule has 1 unspecified atom stereocenters. The molecule has 2 aromatic rings. The van der Waals surface area contributed by atoms with Gasteiger partial charge in [-0.05, 0) is 61.7 Å². The molecule has 140 valence electrons. The molecule has 0 bridgehead atoms. The monoisotopic (exact) mass is 366 g/mol. The highest BCUT2D eigenvalue weighted by atomic mass is 16.5. The van der Waals surface area contributed by atoms with Crippen LogP contribution >= 0.6 is 0 Å². The van der Waals surface area contributed by atoms with E-state index in [1.807, 2.05) is 50.2 Å². The molecule has 1 aliphatic heterocycles. The van der Waals surface area contributed by atoms with E-state index in [0.717, 1.165) is 22.4 Å². The van der Waals surface area contributed by atoms with Crippen LogP contribution in [0.4, 0.5) is 4.79 Å². The van der Waals surface area contributed by atoms with Gasteiger partial charge in [-0.1, -0.05) is 18.2 Å². The second-order valence-electron chi connectivity index (χ2n) is 6.56. The Morgan fingerprint density at radius 3 is 2.19 bits per heavy atom.